The van der Waals surface area contributed by atoms with Gasteiger partial charge in [-0.2, -0.15) is 0 Å². The quantitative estimate of drug-likeness (QED) is 0.870. The van der Waals surface area contributed by atoms with Gasteiger partial charge in [0.2, 0.25) is 12.7 Å². The van der Waals surface area contributed by atoms with Crippen LogP contribution in [-0.2, 0) is 11.3 Å². The second kappa shape index (κ2) is 4.86. The maximum atomic E-state index is 11.7. The number of nitrogens with two attached hydrogens (primary N) is 1. The van der Waals surface area contributed by atoms with E-state index in [4.69, 9.17) is 15.2 Å². The molecular weight excluding hydrogens is 232 g/mol. The summed E-state index contributed by atoms with van der Waals surface area (Å²) in [7, 11) is 1.75. The fraction of sp³-hybridized carbons (Fsp3) is 0.462. The molecule has 0 bridgehead atoms. The Balaban J connectivity index is 2.17. The molecule has 2 N–H and O–H groups in total. The third-order valence-electron chi connectivity index (χ3n) is 3.00. The largest absolute Gasteiger partial charge is 0.454 e. The Labute approximate surface area is 106 Å². The van der Waals surface area contributed by atoms with Crippen LogP contribution in [0.2, 0.25) is 0 Å². The average Bonchev–Trinajstić information content (AvgIpc) is 2.75. The number of amides is 1. The van der Waals surface area contributed by atoms with Crippen molar-refractivity contribution in [1.29, 1.82) is 0 Å². The molecule has 0 spiro atoms. The van der Waals surface area contributed by atoms with E-state index >= 15 is 0 Å². The van der Waals surface area contributed by atoms with Gasteiger partial charge in [-0.05, 0) is 37.1 Å². The molecule has 0 radical (unpaired) electrons. The fourth-order valence-corrected chi connectivity index (χ4v) is 1.94. The van der Waals surface area contributed by atoms with Crippen molar-refractivity contribution in [3.05, 3.63) is 23.3 Å². The highest BCUT2D eigenvalue weighted by atomic mass is 16.7. The van der Waals surface area contributed by atoms with E-state index in [1.807, 2.05) is 19.1 Å². The van der Waals surface area contributed by atoms with Gasteiger partial charge >= 0.3 is 0 Å². The topological polar surface area (TPSA) is 64.8 Å². The zero-order valence-electron chi connectivity index (χ0n) is 10.9. The summed E-state index contributed by atoms with van der Waals surface area (Å²) in [5.74, 6) is 1.42. The highest BCUT2D eigenvalue weighted by Crippen LogP contribution is 2.34. The summed E-state index contributed by atoms with van der Waals surface area (Å²) in [4.78, 5) is 13.4. The van der Waals surface area contributed by atoms with Crippen LogP contribution in [0.5, 0.6) is 11.5 Å². The van der Waals surface area contributed by atoms with Gasteiger partial charge in [0.15, 0.2) is 11.5 Å². The lowest BCUT2D eigenvalue weighted by Crippen LogP contribution is -2.39. The van der Waals surface area contributed by atoms with Gasteiger partial charge in [-0.25, -0.2) is 0 Å². The lowest BCUT2D eigenvalue weighted by Gasteiger charge is -2.20. The molecule has 0 saturated carbocycles. The molecule has 1 aromatic rings. The van der Waals surface area contributed by atoms with Crippen LogP contribution in [0.1, 0.15) is 18.1 Å². The lowest BCUT2D eigenvalue weighted by molar-refractivity contribution is -0.131. The molecule has 0 aliphatic carbocycles. The highest BCUT2D eigenvalue weighted by molar-refractivity contribution is 5.80. The van der Waals surface area contributed by atoms with Crippen molar-refractivity contribution < 1.29 is 14.3 Å². The Morgan fingerprint density at radius 3 is 2.67 bits per heavy atom. The standard InChI is InChI=1S/C13H18N2O3/c1-8-4-11-12(18-7-17-11)5-10(8)6-15(3)13(16)9(2)14/h4-5,9H,6-7,14H2,1-3H3. The third-order valence-corrected chi connectivity index (χ3v) is 3.00. The van der Waals surface area contributed by atoms with E-state index in [9.17, 15) is 4.79 Å². The highest BCUT2D eigenvalue weighted by Gasteiger charge is 2.18. The summed E-state index contributed by atoms with van der Waals surface area (Å²) in [6, 6.07) is 3.37. The minimum atomic E-state index is -0.482. The number of benzene rings is 1. The molecule has 1 aliphatic rings. The van der Waals surface area contributed by atoms with Gasteiger partial charge in [0.25, 0.3) is 0 Å². The Bertz CT molecular complexity index is 472. The van der Waals surface area contributed by atoms with Gasteiger partial charge in [-0.15, -0.1) is 0 Å². The number of rotatable bonds is 3. The Hall–Kier alpha value is -1.75. The molecule has 0 fully saturated rings. The maximum absolute atomic E-state index is 11.7. The van der Waals surface area contributed by atoms with E-state index in [1.165, 1.54) is 0 Å². The van der Waals surface area contributed by atoms with Crippen molar-refractivity contribution in [2.24, 2.45) is 5.73 Å². The molecular formula is C13H18N2O3. The number of carbonyl (C=O) groups is 1. The molecule has 1 unspecified atom stereocenters. The van der Waals surface area contributed by atoms with Crippen molar-refractivity contribution in [3.8, 4) is 11.5 Å². The number of fused-ring (bicyclic) bond motifs is 1. The first-order valence-electron chi connectivity index (χ1n) is 5.88. The molecule has 1 aliphatic heterocycles. The molecule has 1 amide bonds. The number of aryl methyl sites for hydroxylation is 1. The van der Waals surface area contributed by atoms with E-state index in [0.717, 1.165) is 22.6 Å². The predicted octanol–water partition coefficient (Wildman–Crippen LogP) is 1.03. The fourth-order valence-electron chi connectivity index (χ4n) is 1.94. The van der Waals surface area contributed by atoms with E-state index in [-0.39, 0.29) is 12.7 Å². The monoisotopic (exact) mass is 250 g/mol. The second-order valence-corrected chi connectivity index (χ2v) is 4.61. The van der Waals surface area contributed by atoms with Crippen molar-refractivity contribution in [2.75, 3.05) is 13.8 Å². The van der Waals surface area contributed by atoms with Gasteiger partial charge in [-0.3, -0.25) is 4.79 Å². The summed E-state index contributed by atoms with van der Waals surface area (Å²) < 4.78 is 10.6. The van der Waals surface area contributed by atoms with Crippen LogP contribution in [0.4, 0.5) is 0 Å². The molecule has 98 valence electrons. The molecule has 2 rings (SSSR count). The average molecular weight is 250 g/mol. The first-order valence-corrected chi connectivity index (χ1v) is 5.88. The van der Waals surface area contributed by atoms with Crippen molar-refractivity contribution in [2.45, 2.75) is 26.4 Å². The number of ether oxygens (including phenoxy) is 2. The second-order valence-electron chi connectivity index (χ2n) is 4.61. The molecule has 1 heterocycles. The Morgan fingerprint density at radius 1 is 1.44 bits per heavy atom. The van der Waals surface area contributed by atoms with Crippen molar-refractivity contribution in [3.63, 3.8) is 0 Å². The van der Waals surface area contributed by atoms with Gasteiger partial charge in [0, 0.05) is 13.6 Å². The predicted molar refractivity (Wildman–Crippen MR) is 67.4 cm³/mol. The normalized spacial score (nSPS) is 14.4. The molecule has 0 aromatic heterocycles. The first-order chi connectivity index (χ1) is 8.49. The van der Waals surface area contributed by atoms with E-state index in [2.05, 4.69) is 0 Å². The number of hydrogen-bond donors (Lipinski definition) is 1. The minimum Gasteiger partial charge on any atom is -0.454 e. The molecule has 1 aromatic carbocycles. The summed E-state index contributed by atoms with van der Waals surface area (Å²) in [6.45, 7) is 4.45. The smallest absolute Gasteiger partial charge is 0.239 e. The van der Waals surface area contributed by atoms with Crippen LogP contribution < -0.4 is 15.2 Å². The van der Waals surface area contributed by atoms with E-state index < -0.39 is 6.04 Å². The summed E-state index contributed by atoms with van der Waals surface area (Å²) in [6.07, 6.45) is 0. The van der Waals surface area contributed by atoms with Crippen molar-refractivity contribution in [1.82, 2.24) is 4.90 Å². The maximum Gasteiger partial charge on any atom is 0.239 e. The summed E-state index contributed by atoms with van der Waals surface area (Å²) >= 11 is 0. The van der Waals surface area contributed by atoms with Crippen molar-refractivity contribution >= 4 is 5.91 Å². The Kier molecular flexibility index (Phi) is 3.43. The van der Waals surface area contributed by atoms with Crippen LogP contribution >= 0.6 is 0 Å². The van der Waals surface area contributed by atoms with E-state index in [0.29, 0.717) is 6.54 Å². The molecule has 5 heteroatoms. The molecule has 18 heavy (non-hydrogen) atoms. The zero-order valence-corrected chi connectivity index (χ0v) is 10.9. The van der Waals surface area contributed by atoms with Crippen LogP contribution in [-0.4, -0.2) is 30.7 Å². The molecule has 1 atom stereocenters. The van der Waals surface area contributed by atoms with Crippen LogP contribution in [0.15, 0.2) is 12.1 Å². The first kappa shape index (κ1) is 12.7. The number of hydrogen-bond acceptors (Lipinski definition) is 4. The molecule has 0 saturated heterocycles. The van der Waals surface area contributed by atoms with Gasteiger partial charge in [-0.1, -0.05) is 0 Å². The third kappa shape index (κ3) is 2.41. The zero-order chi connectivity index (χ0) is 13.3. The summed E-state index contributed by atoms with van der Waals surface area (Å²) in [5, 5.41) is 0. The van der Waals surface area contributed by atoms with E-state index in [1.54, 1.807) is 18.9 Å². The SMILES string of the molecule is Cc1cc2c(cc1CN(C)C(=O)C(C)N)OCO2. The lowest BCUT2D eigenvalue weighted by atomic mass is 10.1. The number of carbonyl (C=O) groups excluding carboxylic acids is 1. The number of nitrogens with zero attached hydrogens (tertiary/aromatic N) is 1. The van der Waals surface area contributed by atoms with Gasteiger partial charge in [0.05, 0.1) is 6.04 Å². The summed E-state index contributed by atoms with van der Waals surface area (Å²) in [5.41, 5.74) is 7.69. The van der Waals surface area contributed by atoms with Gasteiger partial charge < -0.3 is 20.1 Å². The molecule has 5 nitrogen and oxygen atoms in total. The van der Waals surface area contributed by atoms with Crippen LogP contribution in [0, 0.1) is 6.92 Å². The minimum absolute atomic E-state index is 0.0768. The number of likely N-dealkylation sites (N-methyl/N-ethyl adjacent to an activating group) is 1. The van der Waals surface area contributed by atoms with Crippen LogP contribution in [0.25, 0.3) is 0 Å². The Morgan fingerprint density at radius 2 is 2.06 bits per heavy atom. The van der Waals surface area contributed by atoms with Crippen LogP contribution in [0.3, 0.4) is 0 Å². The van der Waals surface area contributed by atoms with Gasteiger partial charge in [0.1, 0.15) is 0 Å².